The highest BCUT2D eigenvalue weighted by molar-refractivity contribution is 5.80. The second-order valence-electron chi connectivity index (χ2n) is 17.7. The SMILES string of the molecule is CCCCCCCC/C=C\CCCCCCCCCCCC[C@@H](O)C(=O)N[C@@H](CO[C@@H]1O[C@H](CO)[C@@H](O)[C@H](O)[C@H]1O)[C@H](O)[C@H](O)CCCCCCCCCCC(C)C. The Bertz CT molecular complexity index is 968. The molecule has 344 valence electrons. The highest BCUT2D eigenvalue weighted by Crippen LogP contribution is 2.23. The number of aliphatic hydroxyl groups is 7. The number of hydrogen-bond donors (Lipinski definition) is 8. The van der Waals surface area contributed by atoms with Gasteiger partial charge in [-0.1, -0.05) is 181 Å². The van der Waals surface area contributed by atoms with Crippen LogP contribution in [0.3, 0.4) is 0 Å². The minimum atomic E-state index is -1.66. The summed E-state index contributed by atoms with van der Waals surface area (Å²) in [6, 6.07) is -1.17. The molecule has 8 N–H and O–H groups in total. The van der Waals surface area contributed by atoms with E-state index in [1.165, 1.54) is 122 Å². The number of carbonyl (C=O) groups is 1. The van der Waals surface area contributed by atoms with Crippen LogP contribution in [0.15, 0.2) is 12.2 Å². The van der Waals surface area contributed by atoms with Gasteiger partial charge in [0, 0.05) is 0 Å². The summed E-state index contributed by atoms with van der Waals surface area (Å²) in [5.74, 6) is 0.0475. The third kappa shape index (κ3) is 26.9. The number of ether oxygens (including phenoxy) is 2. The van der Waals surface area contributed by atoms with Gasteiger partial charge in [0.25, 0.3) is 0 Å². The first-order valence-corrected chi connectivity index (χ1v) is 23.9. The van der Waals surface area contributed by atoms with E-state index in [1.807, 2.05) is 0 Å². The van der Waals surface area contributed by atoms with E-state index in [2.05, 4.69) is 38.2 Å². The first kappa shape index (κ1) is 54.9. The van der Waals surface area contributed by atoms with Gasteiger partial charge >= 0.3 is 0 Å². The average molecular weight is 830 g/mol. The maximum atomic E-state index is 13.1. The number of hydrogen-bond acceptors (Lipinski definition) is 10. The van der Waals surface area contributed by atoms with Crippen LogP contribution in [0, 0.1) is 5.92 Å². The normalized spacial score (nSPS) is 22.1. The first-order chi connectivity index (χ1) is 28.0. The van der Waals surface area contributed by atoms with Crippen molar-refractivity contribution < 1.29 is 50.0 Å². The zero-order chi connectivity index (χ0) is 42.8. The Labute approximate surface area is 353 Å². The van der Waals surface area contributed by atoms with Crippen LogP contribution in [-0.2, 0) is 14.3 Å². The molecule has 0 saturated carbocycles. The molecule has 11 heteroatoms. The fraction of sp³-hybridized carbons (Fsp3) is 0.936. The minimum Gasteiger partial charge on any atom is -0.394 e. The summed E-state index contributed by atoms with van der Waals surface area (Å²) in [5, 5.41) is 75.6. The summed E-state index contributed by atoms with van der Waals surface area (Å²) in [5.41, 5.74) is 0. The average Bonchev–Trinajstić information content (AvgIpc) is 3.21. The quantitative estimate of drug-likeness (QED) is 0.0223. The van der Waals surface area contributed by atoms with Crippen molar-refractivity contribution in [3.63, 3.8) is 0 Å². The number of nitrogens with one attached hydrogen (secondary N) is 1. The van der Waals surface area contributed by atoms with Gasteiger partial charge in [-0.05, 0) is 44.4 Å². The first-order valence-electron chi connectivity index (χ1n) is 23.9. The predicted molar refractivity (Wildman–Crippen MR) is 233 cm³/mol. The summed E-state index contributed by atoms with van der Waals surface area (Å²) in [6.45, 7) is 5.71. The van der Waals surface area contributed by atoms with Gasteiger partial charge < -0.3 is 50.5 Å². The van der Waals surface area contributed by atoms with Gasteiger partial charge in [0.05, 0.1) is 25.4 Å². The molecule has 1 amide bonds. The van der Waals surface area contributed by atoms with Gasteiger partial charge in [0.2, 0.25) is 5.91 Å². The molecule has 1 aliphatic rings. The lowest BCUT2D eigenvalue weighted by atomic mass is 9.98. The van der Waals surface area contributed by atoms with E-state index in [9.17, 15) is 40.5 Å². The van der Waals surface area contributed by atoms with E-state index < -0.39 is 74.2 Å². The fourth-order valence-electron chi connectivity index (χ4n) is 7.74. The highest BCUT2D eigenvalue weighted by atomic mass is 16.7. The van der Waals surface area contributed by atoms with Crippen LogP contribution >= 0.6 is 0 Å². The molecule has 9 atom stereocenters. The lowest BCUT2D eigenvalue weighted by Crippen LogP contribution is -2.60. The van der Waals surface area contributed by atoms with Crippen molar-refractivity contribution >= 4 is 5.91 Å². The zero-order valence-corrected chi connectivity index (χ0v) is 37.2. The number of allylic oxidation sites excluding steroid dienone is 2. The van der Waals surface area contributed by atoms with Gasteiger partial charge in [-0.3, -0.25) is 4.79 Å². The Morgan fingerprint density at radius 3 is 1.55 bits per heavy atom. The molecular formula is C47H91NO10. The van der Waals surface area contributed by atoms with E-state index in [1.54, 1.807) is 0 Å². The topological polar surface area (TPSA) is 189 Å². The van der Waals surface area contributed by atoms with Crippen LogP contribution in [0.5, 0.6) is 0 Å². The van der Waals surface area contributed by atoms with Crippen molar-refractivity contribution in [3.05, 3.63) is 12.2 Å². The van der Waals surface area contributed by atoms with Crippen molar-refractivity contribution in [2.75, 3.05) is 13.2 Å². The standard InChI is InChI=1S/C47H91NO10/c1-4-5-6-7-8-9-10-11-12-13-14-15-16-17-18-19-20-25-28-31-34-40(51)46(56)48-38(36-57-47-45(55)44(54)43(53)41(35-49)58-47)42(52)39(50)33-30-27-24-22-21-23-26-29-32-37(2)3/h11-12,37-45,47,49-55H,4-10,13-36H2,1-3H3,(H,48,56)/b12-11-/t38-,39+,40+,41+,42-,43+,44-,45+,47+/m0/s1. The molecule has 1 rings (SSSR count). The van der Waals surface area contributed by atoms with Crippen molar-refractivity contribution in [3.8, 4) is 0 Å². The molecule has 0 spiro atoms. The summed E-state index contributed by atoms with van der Waals surface area (Å²) in [7, 11) is 0. The second-order valence-corrected chi connectivity index (χ2v) is 17.7. The third-order valence-electron chi connectivity index (χ3n) is 11.7. The van der Waals surface area contributed by atoms with E-state index >= 15 is 0 Å². The Balaban J connectivity index is 2.39. The van der Waals surface area contributed by atoms with E-state index in [-0.39, 0.29) is 6.42 Å². The maximum Gasteiger partial charge on any atom is 0.249 e. The second kappa shape index (κ2) is 36.5. The smallest absolute Gasteiger partial charge is 0.249 e. The van der Waals surface area contributed by atoms with Crippen LogP contribution in [0.2, 0.25) is 0 Å². The van der Waals surface area contributed by atoms with E-state index in [0.717, 1.165) is 44.4 Å². The molecule has 0 radical (unpaired) electrons. The van der Waals surface area contributed by atoms with E-state index in [4.69, 9.17) is 9.47 Å². The lowest BCUT2D eigenvalue weighted by Gasteiger charge is -2.40. The zero-order valence-electron chi connectivity index (χ0n) is 37.2. The Kier molecular flexibility index (Phi) is 34.5. The van der Waals surface area contributed by atoms with Crippen molar-refractivity contribution in [1.29, 1.82) is 0 Å². The largest absolute Gasteiger partial charge is 0.394 e. The number of unbranched alkanes of at least 4 members (excludes halogenated alkanes) is 23. The number of amides is 1. The molecule has 0 aromatic rings. The number of rotatable bonds is 39. The van der Waals surface area contributed by atoms with Crippen molar-refractivity contribution in [1.82, 2.24) is 5.32 Å². The summed E-state index contributed by atoms with van der Waals surface area (Å²) in [6.07, 6.45) is 25.6. The lowest BCUT2D eigenvalue weighted by molar-refractivity contribution is -0.303. The van der Waals surface area contributed by atoms with Crippen molar-refractivity contribution in [2.24, 2.45) is 5.92 Å². The molecule has 0 aliphatic carbocycles. The Morgan fingerprint density at radius 1 is 0.621 bits per heavy atom. The van der Waals surface area contributed by atoms with Gasteiger partial charge in [-0.15, -0.1) is 0 Å². The van der Waals surface area contributed by atoms with Crippen LogP contribution in [0.25, 0.3) is 0 Å². The summed E-state index contributed by atoms with van der Waals surface area (Å²) >= 11 is 0. The molecular weight excluding hydrogens is 739 g/mol. The van der Waals surface area contributed by atoms with Gasteiger partial charge in [-0.25, -0.2) is 0 Å². The Hall–Kier alpha value is -1.15. The molecule has 1 aliphatic heterocycles. The third-order valence-corrected chi connectivity index (χ3v) is 11.7. The summed E-state index contributed by atoms with van der Waals surface area (Å²) in [4.78, 5) is 13.1. The molecule has 0 aromatic carbocycles. The highest BCUT2D eigenvalue weighted by Gasteiger charge is 2.44. The number of carbonyl (C=O) groups excluding carboxylic acids is 1. The van der Waals surface area contributed by atoms with E-state index in [0.29, 0.717) is 19.3 Å². The van der Waals surface area contributed by atoms with Crippen LogP contribution < -0.4 is 5.32 Å². The number of aliphatic hydroxyl groups excluding tert-OH is 7. The van der Waals surface area contributed by atoms with Crippen molar-refractivity contribution in [2.45, 2.75) is 262 Å². The molecule has 1 fully saturated rings. The minimum absolute atomic E-state index is 0.260. The van der Waals surface area contributed by atoms with Crippen LogP contribution in [0.1, 0.15) is 207 Å². The molecule has 0 unspecified atom stereocenters. The molecule has 0 aromatic heterocycles. The van der Waals surface area contributed by atoms with Gasteiger partial charge in [0.1, 0.15) is 36.6 Å². The monoisotopic (exact) mass is 830 g/mol. The van der Waals surface area contributed by atoms with Crippen LogP contribution in [0.4, 0.5) is 0 Å². The fourth-order valence-corrected chi connectivity index (χ4v) is 7.74. The predicted octanol–water partition coefficient (Wildman–Crippen LogP) is 7.92. The van der Waals surface area contributed by atoms with Gasteiger partial charge in [0.15, 0.2) is 6.29 Å². The maximum absolute atomic E-state index is 13.1. The van der Waals surface area contributed by atoms with Gasteiger partial charge in [-0.2, -0.15) is 0 Å². The molecule has 58 heavy (non-hydrogen) atoms. The molecule has 0 bridgehead atoms. The molecule has 1 heterocycles. The van der Waals surface area contributed by atoms with Crippen LogP contribution in [-0.4, -0.2) is 110 Å². The Morgan fingerprint density at radius 2 is 1.07 bits per heavy atom. The molecule has 11 nitrogen and oxygen atoms in total. The summed E-state index contributed by atoms with van der Waals surface area (Å²) < 4.78 is 11.1. The molecule has 1 saturated heterocycles.